The minimum absolute atomic E-state index is 0.815. The largest absolute Gasteiger partial charge is 0.384 e. The highest BCUT2D eigenvalue weighted by Gasteiger charge is 2.28. The van der Waals surface area contributed by atoms with Crippen molar-refractivity contribution >= 4 is 17.0 Å². The zero-order valence-electron chi connectivity index (χ0n) is 12.0. The molecule has 0 bridgehead atoms. The van der Waals surface area contributed by atoms with Gasteiger partial charge in [0.1, 0.15) is 0 Å². The SMILES string of the molecule is Cc1ccc(NCCN(Cc2ccsc2)C2CC2)cc1. The Bertz CT molecular complexity index is 514. The number of nitrogens with one attached hydrogen (secondary N) is 1. The lowest BCUT2D eigenvalue weighted by atomic mass is 10.2. The van der Waals surface area contributed by atoms with Gasteiger partial charge in [0.2, 0.25) is 0 Å². The van der Waals surface area contributed by atoms with E-state index in [9.17, 15) is 0 Å². The second kappa shape index (κ2) is 6.42. The Labute approximate surface area is 125 Å². The highest BCUT2D eigenvalue weighted by molar-refractivity contribution is 7.07. The van der Waals surface area contributed by atoms with E-state index in [2.05, 4.69) is 58.2 Å². The summed E-state index contributed by atoms with van der Waals surface area (Å²) in [7, 11) is 0. The molecule has 0 unspecified atom stereocenters. The Balaban J connectivity index is 1.48. The van der Waals surface area contributed by atoms with Crippen LogP contribution >= 0.6 is 11.3 Å². The molecule has 0 atom stereocenters. The van der Waals surface area contributed by atoms with E-state index < -0.39 is 0 Å². The molecule has 0 amide bonds. The Morgan fingerprint density at radius 1 is 1.20 bits per heavy atom. The summed E-state index contributed by atoms with van der Waals surface area (Å²) in [6, 6.07) is 11.7. The fourth-order valence-electron chi connectivity index (χ4n) is 2.46. The third-order valence-electron chi connectivity index (χ3n) is 3.81. The van der Waals surface area contributed by atoms with Crippen molar-refractivity contribution in [2.24, 2.45) is 0 Å². The van der Waals surface area contributed by atoms with E-state index in [1.807, 2.05) is 0 Å². The van der Waals surface area contributed by atoms with Gasteiger partial charge in [0.15, 0.2) is 0 Å². The van der Waals surface area contributed by atoms with Crippen molar-refractivity contribution in [3.8, 4) is 0 Å². The lowest BCUT2D eigenvalue weighted by Gasteiger charge is -2.22. The molecular formula is C17H22N2S. The molecule has 1 aliphatic carbocycles. The van der Waals surface area contributed by atoms with Crippen LogP contribution in [0, 0.1) is 6.92 Å². The Hall–Kier alpha value is -1.32. The molecule has 1 aromatic heterocycles. The van der Waals surface area contributed by atoms with Crippen molar-refractivity contribution in [3.05, 3.63) is 52.2 Å². The van der Waals surface area contributed by atoms with Crippen molar-refractivity contribution in [3.63, 3.8) is 0 Å². The van der Waals surface area contributed by atoms with Crippen LogP contribution in [-0.2, 0) is 6.54 Å². The molecule has 0 aliphatic heterocycles. The molecule has 2 aromatic rings. The highest BCUT2D eigenvalue weighted by atomic mass is 32.1. The predicted octanol–water partition coefficient (Wildman–Crippen LogP) is 4.13. The van der Waals surface area contributed by atoms with Crippen LogP contribution in [0.5, 0.6) is 0 Å². The summed E-state index contributed by atoms with van der Waals surface area (Å²) in [4.78, 5) is 2.61. The molecule has 3 heteroatoms. The molecule has 0 radical (unpaired) electrons. The lowest BCUT2D eigenvalue weighted by Crippen LogP contribution is -2.30. The summed E-state index contributed by atoms with van der Waals surface area (Å²) in [6.07, 6.45) is 2.74. The Morgan fingerprint density at radius 3 is 2.65 bits per heavy atom. The van der Waals surface area contributed by atoms with Gasteiger partial charge >= 0.3 is 0 Å². The summed E-state index contributed by atoms with van der Waals surface area (Å²) in [5.74, 6) is 0. The number of aryl methyl sites for hydroxylation is 1. The molecular weight excluding hydrogens is 264 g/mol. The highest BCUT2D eigenvalue weighted by Crippen LogP contribution is 2.28. The first-order valence-electron chi connectivity index (χ1n) is 7.37. The van der Waals surface area contributed by atoms with Crippen molar-refractivity contribution in [1.29, 1.82) is 0 Å². The van der Waals surface area contributed by atoms with E-state index >= 15 is 0 Å². The first-order chi connectivity index (χ1) is 9.81. The lowest BCUT2D eigenvalue weighted by molar-refractivity contribution is 0.265. The van der Waals surface area contributed by atoms with E-state index in [0.29, 0.717) is 0 Å². The van der Waals surface area contributed by atoms with Gasteiger partial charge in [0.05, 0.1) is 0 Å². The van der Waals surface area contributed by atoms with Crippen LogP contribution in [0.15, 0.2) is 41.1 Å². The van der Waals surface area contributed by atoms with Gasteiger partial charge in [-0.25, -0.2) is 0 Å². The maximum Gasteiger partial charge on any atom is 0.0340 e. The van der Waals surface area contributed by atoms with E-state index in [4.69, 9.17) is 0 Å². The average molecular weight is 286 g/mol. The number of benzene rings is 1. The summed E-state index contributed by atoms with van der Waals surface area (Å²) in [5, 5.41) is 7.96. The van der Waals surface area contributed by atoms with Crippen LogP contribution in [0.4, 0.5) is 5.69 Å². The molecule has 1 heterocycles. The smallest absolute Gasteiger partial charge is 0.0340 e. The Morgan fingerprint density at radius 2 is 2.00 bits per heavy atom. The van der Waals surface area contributed by atoms with Gasteiger partial charge < -0.3 is 5.32 Å². The molecule has 1 N–H and O–H groups in total. The van der Waals surface area contributed by atoms with Crippen molar-refractivity contribution in [1.82, 2.24) is 4.90 Å². The molecule has 1 fully saturated rings. The summed E-state index contributed by atoms with van der Waals surface area (Å²) < 4.78 is 0. The van der Waals surface area contributed by atoms with Gasteiger partial charge in [-0.15, -0.1) is 0 Å². The summed E-state index contributed by atoms with van der Waals surface area (Å²) >= 11 is 1.79. The average Bonchev–Trinajstić information content (AvgIpc) is 3.18. The fraction of sp³-hybridized carbons (Fsp3) is 0.412. The van der Waals surface area contributed by atoms with Crippen LogP contribution in [0.25, 0.3) is 0 Å². The van der Waals surface area contributed by atoms with Crippen LogP contribution in [0.3, 0.4) is 0 Å². The fourth-order valence-corrected chi connectivity index (χ4v) is 3.12. The maximum absolute atomic E-state index is 3.53. The molecule has 0 spiro atoms. The number of rotatable bonds is 7. The number of nitrogens with zero attached hydrogens (tertiary/aromatic N) is 1. The molecule has 1 saturated carbocycles. The maximum atomic E-state index is 3.53. The van der Waals surface area contributed by atoms with Gasteiger partial charge in [-0.3, -0.25) is 4.90 Å². The topological polar surface area (TPSA) is 15.3 Å². The van der Waals surface area contributed by atoms with Gasteiger partial charge in [-0.2, -0.15) is 11.3 Å². The predicted molar refractivity (Wildman–Crippen MR) is 87.4 cm³/mol. The molecule has 1 aromatic carbocycles. The standard InChI is InChI=1S/C17H22N2S/c1-14-2-4-16(5-3-14)18-9-10-19(17-6-7-17)12-15-8-11-20-13-15/h2-5,8,11,13,17-18H,6-7,9-10,12H2,1H3. The molecule has 1 aliphatic rings. The summed E-state index contributed by atoms with van der Waals surface area (Å²) in [6.45, 7) is 5.36. The first-order valence-corrected chi connectivity index (χ1v) is 8.31. The monoisotopic (exact) mass is 286 g/mol. The minimum Gasteiger partial charge on any atom is -0.384 e. The first kappa shape index (κ1) is 13.7. The van der Waals surface area contributed by atoms with E-state index in [1.54, 1.807) is 11.3 Å². The molecule has 3 rings (SSSR count). The van der Waals surface area contributed by atoms with Crippen LogP contribution < -0.4 is 5.32 Å². The van der Waals surface area contributed by atoms with Crippen LogP contribution in [0.2, 0.25) is 0 Å². The summed E-state index contributed by atoms with van der Waals surface area (Å²) in [5.41, 5.74) is 3.99. The quantitative estimate of drug-likeness (QED) is 0.823. The van der Waals surface area contributed by atoms with Gasteiger partial charge in [0, 0.05) is 31.4 Å². The minimum atomic E-state index is 0.815. The molecule has 0 saturated heterocycles. The molecule has 2 nitrogen and oxygen atoms in total. The normalized spacial score (nSPS) is 14.7. The van der Waals surface area contributed by atoms with Crippen molar-refractivity contribution in [2.75, 3.05) is 18.4 Å². The second-order valence-corrected chi connectivity index (χ2v) is 6.41. The molecule has 106 valence electrons. The Kier molecular flexibility index (Phi) is 4.38. The van der Waals surface area contributed by atoms with E-state index in [-0.39, 0.29) is 0 Å². The zero-order chi connectivity index (χ0) is 13.8. The molecule has 20 heavy (non-hydrogen) atoms. The third kappa shape index (κ3) is 3.84. The van der Waals surface area contributed by atoms with Crippen LogP contribution in [0.1, 0.15) is 24.0 Å². The van der Waals surface area contributed by atoms with Gasteiger partial charge in [-0.05, 0) is 54.3 Å². The third-order valence-corrected chi connectivity index (χ3v) is 4.54. The number of hydrogen-bond acceptors (Lipinski definition) is 3. The zero-order valence-corrected chi connectivity index (χ0v) is 12.8. The number of anilines is 1. The van der Waals surface area contributed by atoms with Crippen molar-refractivity contribution in [2.45, 2.75) is 32.4 Å². The van der Waals surface area contributed by atoms with E-state index in [0.717, 1.165) is 25.7 Å². The van der Waals surface area contributed by atoms with E-state index in [1.165, 1.54) is 29.7 Å². The van der Waals surface area contributed by atoms with Crippen LogP contribution in [-0.4, -0.2) is 24.0 Å². The second-order valence-electron chi connectivity index (χ2n) is 5.63. The number of hydrogen-bond donors (Lipinski definition) is 1. The van der Waals surface area contributed by atoms with Gasteiger partial charge in [0.25, 0.3) is 0 Å². The van der Waals surface area contributed by atoms with Gasteiger partial charge in [-0.1, -0.05) is 17.7 Å². The van der Waals surface area contributed by atoms with Crippen molar-refractivity contribution < 1.29 is 0 Å². The number of thiophene rings is 1.